The molecule has 0 bridgehead atoms. The number of halogens is 1. The summed E-state index contributed by atoms with van der Waals surface area (Å²) in [6.07, 6.45) is 4.06. The molecule has 1 atom stereocenters. The van der Waals surface area contributed by atoms with E-state index >= 15 is 0 Å². The molecule has 0 unspecified atom stereocenters. The molecule has 1 aliphatic heterocycles. The number of likely N-dealkylation sites (tertiary alicyclic amines) is 1. The molecule has 2 aromatic heterocycles. The van der Waals surface area contributed by atoms with Crippen LogP contribution in [0.3, 0.4) is 0 Å². The molecule has 0 radical (unpaired) electrons. The van der Waals surface area contributed by atoms with Gasteiger partial charge in [-0.15, -0.1) is 0 Å². The standard InChI is InChI=1S/C18H25ClN4O2/c1-5-12-9-14-15(19)20-11-21-16(14)23(12)10-13-7-6-8-22(13)17(24)25-18(2,3)4/h9,11,13H,5-8,10H2,1-4H3/t13-/m0/s1. The number of nitrogens with zero attached hydrogens (tertiary/aromatic N) is 4. The predicted molar refractivity (Wildman–Crippen MR) is 97.9 cm³/mol. The first-order chi connectivity index (χ1) is 11.8. The molecule has 1 saturated heterocycles. The lowest BCUT2D eigenvalue weighted by Gasteiger charge is -2.29. The lowest BCUT2D eigenvalue weighted by molar-refractivity contribution is 0.0214. The average Bonchev–Trinajstić information content (AvgIpc) is 3.12. The van der Waals surface area contributed by atoms with Crippen molar-refractivity contribution in [3.05, 3.63) is 23.2 Å². The molecule has 3 heterocycles. The van der Waals surface area contributed by atoms with Gasteiger partial charge in [0.2, 0.25) is 0 Å². The zero-order valence-corrected chi connectivity index (χ0v) is 16.0. The summed E-state index contributed by atoms with van der Waals surface area (Å²) in [6, 6.07) is 2.15. The maximum atomic E-state index is 12.5. The van der Waals surface area contributed by atoms with E-state index in [1.165, 1.54) is 6.33 Å². The third-order valence-corrected chi connectivity index (χ3v) is 4.79. The summed E-state index contributed by atoms with van der Waals surface area (Å²) >= 11 is 6.22. The molecule has 2 aromatic rings. The molecule has 1 amide bonds. The van der Waals surface area contributed by atoms with Crippen molar-refractivity contribution in [1.82, 2.24) is 19.4 Å². The third-order valence-electron chi connectivity index (χ3n) is 4.49. The summed E-state index contributed by atoms with van der Waals surface area (Å²) in [6.45, 7) is 9.21. The average molecular weight is 365 g/mol. The summed E-state index contributed by atoms with van der Waals surface area (Å²) in [5.74, 6) is 0. The second-order valence-corrected chi connectivity index (χ2v) is 7.83. The maximum absolute atomic E-state index is 12.5. The second-order valence-electron chi connectivity index (χ2n) is 7.47. The van der Waals surface area contributed by atoms with Crippen molar-refractivity contribution >= 4 is 28.7 Å². The van der Waals surface area contributed by atoms with Crippen LogP contribution in [0.25, 0.3) is 11.0 Å². The van der Waals surface area contributed by atoms with Crippen molar-refractivity contribution in [2.45, 2.75) is 65.1 Å². The van der Waals surface area contributed by atoms with Gasteiger partial charge in [0.25, 0.3) is 0 Å². The predicted octanol–water partition coefficient (Wildman–Crippen LogP) is 4.05. The fraction of sp³-hybridized carbons (Fsp3) is 0.611. The number of rotatable bonds is 3. The highest BCUT2D eigenvalue weighted by molar-refractivity contribution is 6.33. The van der Waals surface area contributed by atoms with Crippen molar-refractivity contribution in [2.75, 3.05) is 6.54 Å². The van der Waals surface area contributed by atoms with Gasteiger partial charge in [-0.25, -0.2) is 14.8 Å². The molecule has 3 rings (SSSR count). The van der Waals surface area contributed by atoms with Gasteiger partial charge in [-0.05, 0) is 46.1 Å². The number of hydrogen-bond donors (Lipinski definition) is 0. The summed E-state index contributed by atoms with van der Waals surface area (Å²) in [7, 11) is 0. The molecule has 7 heteroatoms. The molecular weight excluding hydrogens is 340 g/mol. The highest BCUT2D eigenvalue weighted by atomic mass is 35.5. The molecule has 0 aliphatic carbocycles. The Kier molecular flexibility index (Phi) is 4.91. The molecule has 1 fully saturated rings. The molecule has 6 nitrogen and oxygen atoms in total. The zero-order chi connectivity index (χ0) is 18.2. The Morgan fingerprint density at radius 3 is 2.84 bits per heavy atom. The summed E-state index contributed by atoms with van der Waals surface area (Å²) in [5, 5.41) is 1.33. The smallest absolute Gasteiger partial charge is 0.410 e. The Bertz CT molecular complexity index is 781. The number of amides is 1. The molecular formula is C18H25ClN4O2. The van der Waals surface area contributed by atoms with E-state index in [-0.39, 0.29) is 12.1 Å². The molecule has 136 valence electrons. The molecule has 0 aromatic carbocycles. The highest BCUT2D eigenvalue weighted by Gasteiger charge is 2.33. The lowest BCUT2D eigenvalue weighted by atomic mass is 10.2. The first kappa shape index (κ1) is 18.0. The Morgan fingerprint density at radius 1 is 1.40 bits per heavy atom. The van der Waals surface area contributed by atoms with Gasteiger partial charge in [0.15, 0.2) is 0 Å². The second kappa shape index (κ2) is 6.83. The number of carbonyl (C=O) groups is 1. The van der Waals surface area contributed by atoms with Gasteiger partial charge in [0.1, 0.15) is 22.7 Å². The Morgan fingerprint density at radius 2 is 2.16 bits per heavy atom. The first-order valence-corrected chi connectivity index (χ1v) is 9.16. The van der Waals surface area contributed by atoms with E-state index in [2.05, 4.69) is 21.5 Å². The van der Waals surface area contributed by atoms with Gasteiger partial charge in [-0.2, -0.15) is 0 Å². The zero-order valence-electron chi connectivity index (χ0n) is 15.3. The Balaban J connectivity index is 1.87. The lowest BCUT2D eigenvalue weighted by Crippen LogP contribution is -2.41. The van der Waals surface area contributed by atoms with E-state index < -0.39 is 5.60 Å². The minimum absolute atomic E-state index is 0.101. The van der Waals surface area contributed by atoms with Gasteiger partial charge in [0.05, 0.1) is 11.4 Å². The number of aryl methyl sites for hydroxylation is 1. The minimum atomic E-state index is -0.486. The normalized spacial score (nSPS) is 18.1. The van der Waals surface area contributed by atoms with Crippen LogP contribution in [0.1, 0.15) is 46.2 Å². The quantitative estimate of drug-likeness (QED) is 0.771. The fourth-order valence-electron chi connectivity index (χ4n) is 3.38. The van der Waals surface area contributed by atoms with Gasteiger partial charge < -0.3 is 14.2 Å². The first-order valence-electron chi connectivity index (χ1n) is 8.78. The van der Waals surface area contributed by atoms with E-state index in [9.17, 15) is 4.79 Å². The number of fused-ring (bicyclic) bond motifs is 1. The molecule has 25 heavy (non-hydrogen) atoms. The summed E-state index contributed by atoms with van der Waals surface area (Å²) < 4.78 is 7.73. The molecule has 0 spiro atoms. The van der Waals surface area contributed by atoms with Crippen molar-refractivity contribution in [1.29, 1.82) is 0 Å². The Labute approximate surface area is 153 Å². The monoisotopic (exact) mass is 364 g/mol. The van der Waals surface area contributed by atoms with Crippen molar-refractivity contribution < 1.29 is 9.53 Å². The number of aromatic nitrogens is 3. The van der Waals surface area contributed by atoms with Gasteiger partial charge in [-0.1, -0.05) is 18.5 Å². The number of hydrogen-bond acceptors (Lipinski definition) is 4. The molecule has 1 aliphatic rings. The van der Waals surface area contributed by atoms with Crippen LogP contribution in [0.5, 0.6) is 0 Å². The van der Waals surface area contributed by atoms with Gasteiger partial charge in [-0.3, -0.25) is 0 Å². The maximum Gasteiger partial charge on any atom is 0.410 e. The highest BCUT2D eigenvalue weighted by Crippen LogP contribution is 2.27. The van der Waals surface area contributed by atoms with Crippen LogP contribution in [0.15, 0.2) is 12.4 Å². The van der Waals surface area contributed by atoms with Crippen LogP contribution in [0.2, 0.25) is 5.15 Å². The largest absolute Gasteiger partial charge is 0.444 e. The topological polar surface area (TPSA) is 60.2 Å². The number of ether oxygens (including phenoxy) is 1. The molecule has 0 saturated carbocycles. The van der Waals surface area contributed by atoms with E-state index in [1.54, 1.807) is 0 Å². The van der Waals surface area contributed by atoms with Gasteiger partial charge >= 0.3 is 6.09 Å². The van der Waals surface area contributed by atoms with E-state index in [4.69, 9.17) is 16.3 Å². The SMILES string of the molecule is CCc1cc2c(Cl)ncnc2n1C[C@@H]1CCCN1C(=O)OC(C)(C)C. The van der Waals surface area contributed by atoms with Crippen molar-refractivity contribution in [3.8, 4) is 0 Å². The van der Waals surface area contributed by atoms with Crippen molar-refractivity contribution in [3.63, 3.8) is 0 Å². The van der Waals surface area contributed by atoms with Crippen LogP contribution in [0.4, 0.5) is 4.79 Å². The summed E-state index contributed by atoms with van der Waals surface area (Å²) in [5.41, 5.74) is 1.49. The minimum Gasteiger partial charge on any atom is -0.444 e. The van der Waals surface area contributed by atoms with E-state index in [1.807, 2.05) is 31.7 Å². The summed E-state index contributed by atoms with van der Waals surface area (Å²) in [4.78, 5) is 22.8. The molecule has 0 N–H and O–H groups in total. The van der Waals surface area contributed by atoms with Crippen LogP contribution >= 0.6 is 11.6 Å². The van der Waals surface area contributed by atoms with E-state index in [0.29, 0.717) is 11.7 Å². The third kappa shape index (κ3) is 3.73. The number of carbonyl (C=O) groups excluding carboxylic acids is 1. The van der Waals surface area contributed by atoms with Crippen LogP contribution in [0, 0.1) is 0 Å². The van der Waals surface area contributed by atoms with Gasteiger partial charge in [0, 0.05) is 18.8 Å². The van der Waals surface area contributed by atoms with Crippen LogP contribution < -0.4 is 0 Å². The van der Waals surface area contributed by atoms with Crippen LogP contribution in [-0.4, -0.2) is 43.7 Å². The Hall–Kier alpha value is -1.82. The fourth-order valence-corrected chi connectivity index (χ4v) is 3.56. The van der Waals surface area contributed by atoms with E-state index in [0.717, 1.165) is 42.5 Å². The van der Waals surface area contributed by atoms with Crippen LogP contribution in [-0.2, 0) is 17.7 Å². The van der Waals surface area contributed by atoms with Crippen molar-refractivity contribution in [2.24, 2.45) is 0 Å².